The number of hydrogen-bond acceptors (Lipinski definition) is 5. The molecule has 0 aliphatic carbocycles. The topological polar surface area (TPSA) is 101 Å². The number of carbonyl (C=O) groups is 2. The third-order valence-electron chi connectivity index (χ3n) is 2.52. The van der Waals surface area contributed by atoms with Crippen LogP contribution in [0, 0.1) is 0 Å². The number of carbonyl (C=O) groups excluding carboxylic acids is 1. The fourth-order valence-electron chi connectivity index (χ4n) is 1.64. The number of benzene rings is 1. The van der Waals surface area contributed by atoms with Crippen LogP contribution in [0.25, 0.3) is 10.2 Å². The Kier molecular flexibility index (Phi) is 4.94. The molecule has 8 heteroatoms. The third kappa shape index (κ3) is 4.32. The van der Waals surface area contributed by atoms with Crippen LogP contribution in [0.4, 0.5) is 9.93 Å². The molecule has 3 N–H and O–H groups in total. The average Bonchev–Trinajstić information content (AvgIpc) is 2.80. The maximum absolute atomic E-state index is 11.6. The standard InChI is InChI=1S/C13H15N3O4S/c1-2-20-8-3-4-9-10(7-8)21-13(15-9)16-12(19)14-6-5-11(17)18/h3-4,7H,2,5-6H2,1H3,(H,17,18)(H2,14,15,16,19). The first kappa shape index (κ1) is 15.0. The highest BCUT2D eigenvalue weighted by Crippen LogP contribution is 2.29. The smallest absolute Gasteiger partial charge is 0.321 e. The van der Waals surface area contributed by atoms with Crippen molar-refractivity contribution in [2.75, 3.05) is 18.5 Å². The zero-order valence-corrected chi connectivity index (χ0v) is 12.2. The van der Waals surface area contributed by atoms with Crippen LogP contribution >= 0.6 is 11.3 Å². The quantitative estimate of drug-likeness (QED) is 0.760. The summed E-state index contributed by atoms with van der Waals surface area (Å²) in [5, 5.41) is 14.0. The Hall–Kier alpha value is -2.35. The number of rotatable bonds is 6. The molecule has 7 nitrogen and oxygen atoms in total. The summed E-state index contributed by atoms with van der Waals surface area (Å²) in [7, 11) is 0. The maximum Gasteiger partial charge on any atom is 0.321 e. The molecule has 0 bridgehead atoms. The summed E-state index contributed by atoms with van der Waals surface area (Å²) < 4.78 is 6.31. The number of aliphatic carboxylic acids is 1. The highest BCUT2D eigenvalue weighted by Gasteiger charge is 2.08. The van der Waals surface area contributed by atoms with Crippen LogP contribution in [0.1, 0.15) is 13.3 Å². The van der Waals surface area contributed by atoms with E-state index in [0.717, 1.165) is 16.0 Å². The van der Waals surface area contributed by atoms with E-state index in [9.17, 15) is 9.59 Å². The molecule has 112 valence electrons. The van der Waals surface area contributed by atoms with Gasteiger partial charge in [-0.05, 0) is 25.1 Å². The summed E-state index contributed by atoms with van der Waals surface area (Å²) >= 11 is 1.33. The van der Waals surface area contributed by atoms with E-state index in [-0.39, 0.29) is 13.0 Å². The van der Waals surface area contributed by atoms with Gasteiger partial charge in [0.15, 0.2) is 5.13 Å². The van der Waals surface area contributed by atoms with Crippen molar-refractivity contribution in [3.63, 3.8) is 0 Å². The minimum Gasteiger partial charge on any atom is -0.494 e. The molecule has 0 fully saturated rings. The molecule has 2 rings (SSSR count). The fraction of sp³-hybridized carbons (Fsp3) is 0.308. The van der Waals surface area contributed by atoms with Crippen LogP contribution in [0.5, 0.6) is 5.75 Å². The van der Waals surface area contributed by atoms with Crippen molar-refractivity contribution in [2.45, 2.75) is 13.3 Å². The van der Waals surface area contributed by atoms with Gasteiger partial charge in [-0.15, -0.1) is 0 Å². The average molecular weight is 309 g/mol. The molecule has 2 aromatic rings. The van der Waals surface area contributed by atoms with E-state index in [1.807, 2.05) is 25.1 Å². The lowest BCUT2D eigenvalue weighted by molar-refractivity contribution is -0.136. The number of anilines is 1. The van der Waals surface area contributed by atoms with Gasteiger partial charge in [0.05, 0.1) is 23.2 Å². The normalized spacial score (nSPS) is 10.3. The number of carboxylic acids is 1. The van der Waals surface area contributed by atoms with Gasteiger partial charge in [0.25, 0.3) is 0 Å². The molecule has 0 aliphatic heterocycles. The summed E-state index contributed by atoms with van der Waals surface area (Å²) in [5.74, 6) is -0.204. The molecular formula is C13H15N3O4S. The molecular weight excluding hydrogens is 294 g/mol. The second kappa shape index (κ2) is 6.89. The molecule has 0 spiro atoms. The molecule has 0 atom stereocenters. The highest BCUT2D eigenvalue weighted by atomic mass is 32.1. The van der Waals surface area contributed by atoms with Crippen molar-refractivity contribution in [3.8, 4) is 5.75 Å². The van der Waals surface area contributed by atoms with Crippen molar-refractivity contribution in [1.82, 2.24) is 10.3 Å². The van der Waals surface area contributed by atoms with Gasteiger partial charge in [0.1, 0.15) is 5.75 Å². The number of aromatic nitrogens is 1. The van der Waals surface area contributed by atoms with Crippen molar-refractivity contribution in [1.29, 1.82) is 0 Å². The number of nitrogens with one attached hydrogen (secondary N) is 2. The van der Waals surface area contributed by atoms with Crippen molar-refractivity contribution < 1.29 is 19.4 Å². The minimum absolute atomic E-state index is 0.0700. The first-order valence-corrected chi connectivity index (χ1v) is 7.20. The van der Waals surface area contributed by atoms with E-state index >= 15 is 0 Å². The van der Waals surface area contributed by atoms with E-state index in [4.69, 9.17) is 9.84 Å². The molecule has 2 amide bonds. The molecule has 0 saturated carbocycles. The Morgan fingerprint density at radius 1 is 1.43 bits per heavy atom. The molecule has 0 aliphatic rings. The second-order valence-electron chi connectivity index (χ2n) is 4.11. The number of amides is 2. The Balaban J connectivity index is 1.98. The van der Waals surface area contributed by atoms with E-state index in [1.54, 1.807) is 0 Å². The third-order valence-corrected chi connectivity index (χ3v) is 3.45. The molecule has 0 radical (unpaired) electrons. The van der Waals surface area contributed by atoms with Crippen LogP contribution in [-0.2, 0) is 4.79 Å². The first-order valence-electron chi connectivity index (χ1n) is 6.38. The molecule has 1 aromatic carbocycles. The fourth-order valence-corrected chi connectivity index (χ4v) is 2.53. The largest absolute Gasteiger partial charge is 0.494 e. The van der Waals surface area contributed by atoms with Gasteiger partial charge in [-0.1, -0.05) is 11.3 Å². The predicted octanol–water partition coefficient (Wildman–Crippen LogP) is 2.29. The number of hydrogen-bond donors (Lipinski definition) is 3. The highest BCUT2D eigenvalue weighted by molar-refractivity contribution is 7.22. The number of fused-ring (bicyclic) bond motifs is 1. The van der Waals surface area contributed by atoms with Gasteiger partial charge in [-0.2, -0.15) is 0 Å². The van der Waals surface area contributed by atoms with Crippen molar-refractivity contribution in [2.24, 2.45) is 0 Å². The number of nitrogens with zero attached hydrogens (tertiary/aromatic N) is 1. The summed E-state index contributed by atoms with van der Waals surface area (Å²) in [6.07, 6.45) is -0.120. The molecule has 0 saturated heterocycles. The zero-order chi connectivity index (χ0) is 15.2. The Morgan fingerprint density at radius 2 is 2.24 bits per heavy atom. The van der Waals surface area contributed by atoms with Gasteiger partial charge in [0.2, 0.25) is 0 Å². The summed E-state index contributed by atoms with van der Waals surface area (Å²) in [4.78, 5) is 26.2. The van der Waals surface area contributed by atoms with Crippen molar-refractivity contribution >= 4 is 38.7 Å². The minimum atomic E-state index is -0.959. The van der Waals surface area contributed by atoms with Crippen molar-refractivity contribution in [3.05, 3.63) is 18.2 Å². The Morgan fingerprint density at radius 3 is 2.95 bits per heavy atom. The van der Waals surface area contributed by atoms with E-state index in [1.165, 1.54) is 11.3 Å². The van der Waals surface area contributed by atoms with Crippen LogP contribution in [0.3, 0.4) is 0 Å². The molecule has 21 heavy (non-hydrogen) atoms. The Labute approximate surface area is 124 Å². The SMILES string of the molecule is CCOc1ccc2nc(NC(=O)NCCC(=O)O)sc2c1. The van der Waals surface area contributed by atoms with Gasteiger partial charge < -0.3 is 15.2 Å². The van der Waals surface area contributed by atoms with Crippen LogP contribution in [-0.4, -0.2) is 35.2 Å². The van der Waals surface area contributed by atoms with Gasteiger partial charge in [0, 0.05) is 6.54 Å². The monoisotopic (exact) mass is 309 g/mol. The van der Waals surface area contributed by atoms with Gasteiger partial charge in [-0.25, -0.2) is 9.78 Å². The first-order chi connectivity index (χ1) is 10.1. The van der Waals surface area contributed by atoms with Crippen LogP contribution < -0.4 is 15.4 Å². The summed E-state index contributed by atoms with van der Waals surface area (Å²) in [6, 6.07) is 5.04. The zero-order valence-electron chi connectivity index (χ0n) is 11.4. The lowest BCUT2D eigenvalue weighted by Gasteiger charge is -2.02. The molecule has 1 aromatic heterocycles. The molecule has 0 unspecified atom stereocenters. The number of urea groups is 1. The van der Waals surface area contributed by atoms with E-state index < -0.39 is 12.0 Å². The van der Waals surface area contributed by atoms with Gasteiger partial charge >= 0.3 is 12.0 Å². The van der Waals surface area contributed by atoms with Gasteiger partial charge in [-0.3, -0.25) is 10.1 Å². The van der Waals surface area contributed by atoms with E-state index in [2.05, 4.69) is 15.6 Å². The number of carboxylic acid groups (broad SMARTS) is 1. The van der Waals surface area contributed by atoms with Crippen LogP contribution in [0.2, 0.25) is 0 Å². The van der Waals surface area contributed by atoms with E-state index in [0.29, 0.717) is 11.7 Å². The summed E-state index contributed by atoms with van der Waals surface area (Å²) in [6.45, 7) is 2.56. The second-order valence-corrected chi connectivity index (χ2v) is 5.14. The summed E-state index contributed by atoms with van der Waals surface area (Å²) in [5.41, 5.74) is 0.768. The maximum atomic E-state index is 11.6. The predicted molar refractivity (Wildman–Crippen MR) is 80.1 cm³/mol. The lowest BCUT2D eigenvalue weighted by atomic mass is 10.3. The number of thiazole rings is 1. The molecule has 1 heterocycles. The number of ether oxygens (including phenoxy) is 1. The Bertz CT molecular complexity index is 656. The lowest BCUT2D eigenvalue weighted by Crippen LogP contribution is -2.30. The van der Waals surface area contributed by atoms with Crippen LogP contribution in [0.15, 0.2) is 18.2 Å².